The van der Waals surface area contributed by atoms with Crippen LogP contribution in [0.25, 0.3) is 0 Å². The van der Waals surface area contributed by atoms with Crippen molar-refractivity contribution in [3.05, 3.63) is 83.7 Å². The second-order valence-electron chi connectivity index (χ2n) is 5.90. The number of pyridine rings is 1. The molecule has 0 atom stereocenters. The summed E-state index contributed by atoms with van der Waals surface area (Å²) in [5, 5.41) is 5.08. The SMILES string of the molecule is CCOc1ccc(NC(=O)c2cccc(C(=O)Nc3ccc(F)c(F)c3)n2)cc1. The fourth-order valence-electron chi connectivity index (χ4n) is 2.45. The Morgan fingerprint density at radius 1 is 0.862 bits per heavy atom. The van der Waals surface area contributed by atoms with Crippen LogP contribution in [0.5, 0.6) is 5.75 Å². The van der Waals surface area contributed by atoms with E-state index in [1.165, 1.54) is 24.3 Å². The molecule has 0 spiro atoms. The highest BCUT2D eigenvalue weighted by Gasteiger charge is 2.14. The number of nitrogens with one attached hydrogen (secondary N) is 2. The number of amides is 2. The Hall–Kier alpha value is -3.81. The summed E-state index contributed by atoms with van der Waals surface area (Å²) < 4.78 is 31.6. The minimum absolute atomic E-state index is 0.0248. The van der Waals surface area contributed by atoms with Crippen molar-refractivity contribution in [2.75, 3.05) is 17.2 Å². The number of hydrogen-bond donors (Lipinski definition) is 2. The number of halogens is 2. The number of hydrogen-bond acceptors (Lipinski definition) is 4. The molecule has 148 valence electrons. The van der Waals surface area contributed by atoms with Gasteiger partial charge >= 0.3 is 0 Å². The fraction of sp³-hybridized carbons (Fsp3) is 0.0952. The summed E-state index contributed by atoms with van der Waals surface area (Å²) >= 11 is 0. The van der Waals surface area contributed by atoms with E-state index in [1.807, 2.05) is 6.92 Å². The van der Waals surface area contributed by atoms with Crippen LogP contribution in [0.2, 0.25) is 0 Å². The Balaban J connectivity index is 1.69. The van der Waals surface area contributed by atoms with Crippen LogP contribution in [-0.2, 0) is 0 Å². The minimum Gasteiger partial charge on any atom is -0.494 e. The maximum Gasteiger partial charge on any atom is 0.274 e. The number of nitrogens with zero attached hydrogens (tertiary/aromatic N) is 1. The molecule has 0 bridgehead atoms. The van der Waals surface area contributed by atoms with Crippen molar-refractivity contribution in [3.63, 3.8) is 0 Å². The average molecular weight is 397 g/mol. The maximum absolute atomic E-state index is 13.3. The van der Waals surface area contributed by atoms with Crippen molar-refractivity contribution < 1.29 is 23.1 Å². The van der Waals surface area contributed by atoms with Crippen molar-refractivity contribution in [2.24, 2.45) is 0 Å². The van der Waals surface area contributed by atoms with Crippen LogP contribution in [-0.4, -0.2) is 23.4 Å². The van der Waals surface area contributed by atoms with E-state index in [4.69, 9.17) is 4.74 Å². The Labute approximate surface area is 165 Å². The first kappa shape index (κ1) is 19.9. The molecule has 2 aromatic carbocycles. The van der Waals surface area contributed by atoms with Gasteiger partial charge in [0.05, 0.1) is 6.61 Å². The Morgan fingerprint density at radius 2 is 1.45 bits per heavy atom. The predicted octanol–water partition coefficient (Wildman–Crippen LogP) is 4.26. The molecule has 0 unspecified atom stereocenters. The quantitative estimate of drug-likeness (QED) is 0.651. The fourth-order valence-corrected chi connectivity index (χ4v) is 2.45. The van der Waals surface area contributed by atoms with Crippen molar-refractivity contribution in [2.45, 2.75) is 6.92 Å². The van der Waals surface area contributed by atoms with Crippen molar-refractivity contribution in [3.8, 4) is 5.75 Å². The molecule has 0 saturated heterocycles. The predicted molar refractivity (Wildman–Crippen MR) is 104 cm³/mol. The van der Waals surface area contributed by atoms with E-state index in [2.05, 4.69) is 15.6 Å². The van der Waals surface area contributed by atoms with Gasteiger partial charge in [-0.1, -0.05) is 6.07 Å². The van der Waals surface area contributed by atoms with E-state index in [9.17, 15) is 18.4 Å². The summed E-state index contributed by atoms with van der Waals surface area (Å²) in [4.78, 5) is 28.8. The second kappa shape index (κ2) is 8.92. The third-order valence-electron chi connectivity index (χ3n) is 3.82. The molecule has 0 radical (unpaired) electrons. The highest BCUT2D eigenvalue weighted by molar-refractivity contribution is 6.06. The van der Waals surface area contributed by atoms with Gasteiger partial charge in [0.25, 0.3) is 11.8 Å². The van der Waals surface area contributed by atoms with Gasteiger partial charge in [-0.15, -0.1) is 0 Å². The molecule has 3 aromatic rings. The zero-order valence-corrected chi connectivity index (χ0v) is 15.4. The van der Waals surface area contributed by atoms with E-state index in [0.29, 0.717) is 18.0 Å². The van der Waals surface area contributed by atoms with E-state index in [0.717, 1.165) is 12.1 Å². The summed E-state index contributed by atoms with van der Waals surface area (Å²) in [6.07, 6.45) is 0. The normalized spacial score (nSPS) is 10.3. The van der Waals surface area contributed by atoms with E-state index in [1.54, 1.807) is 24.3 Å². The summed E-state index contributed by atoms with van der Waals surface area (Å²) in [5.41, 5.74) is 0.586. The molecule has 1 heterocycles. The molecule has 0 aliphatic rings. The molecule has 2 N–H and O–H groups in total. The van der Waals surface area contributed by atoms with Gasteiger partial charge in [0.1, 0.15) is 17.1 Å². The van der Waals surface area contributed by atoms with Crippen LogP contribution in [0.15, 0.2) is 60.7 Å². The topological polar surface area (TPSA) is 80.3 Å². The third-order valence-corrected chi connectivity index (χ3v) is 3.82. The first-order valence-electron chi connectivity index (χ1n) is 8.74. The minimum atomic E-state index is -1.08. The van der Waals surface area contributed by atoms with E-state index in [-0.39, 0.29) is 17.1 Å². The molecule has 0 aliphatic heterocycles. The van der Waals surface area contributed by atoms with Gasteiger partial charge < -0.3 is 15.4 Å². The second-order valence-corrected chi connectivity index (χ2v) is 5.90. The zero-order valence-electron chi connectivity index (χ0n) is 15.4. The van der Waals surface area contributed by atoms with E-state index < -0.39 is 23.4 Å². The largest absolute Gasteiger partial charge is 0.494 e. The molecular formula is C21H17F2N3O3. The molecule has 8 heteroatoms. The van der Waals surface area contributed by atoms with Crippen molar-refractivity contribution >= 4 is 23.2 Å². The number of benzene rings is 2. The first-order chi connectivity index (χ1) is 14.0. The average Bonchev–Trinajstić information content (AvgIpc) is 2.72. The summed E-state index contributed by atoms with van der Waals surface area (Å²) in [6.45, 7) is 2.41. The number of ether oxygens (including phenoxy) is 1. The third kappa shape index (κ3) is 5.13. The monoisotopic (exact) mass is 397 g/mol. The van der Waals surface area contributed by atoms with Crippen LogP contribution in [0.3, 0.4) is 0 Å². The maximum atomic E-state index is 13.3. The summed E-state index contributed by atoms with van der Waals surface area (Å²) in [7, 11) is 0. The molecule has 2 amide bonds. The number of carbonyl (C=O) groups is 2. The lowest BCUT2D eigenvalue weighted by Gasteiger charge is -2.08. The molecule has 0 aliphatic carbocycles. The summed E-state index contributed by atoms with van der Waals surface area (Å²) in [5.74, 6) is -2.59. The number of carbonyl (C=O) groups excluding carboxylic acids is 2. The highest BCUT2D eigenvalue weighted by atomic mass is 19.2. The van der Waals surface area contributed by atoms with Crippen molar-refractivity contribution in [1.82, 2.24) is 4.98 Å². The van der Waals surface area contributed by atoms with Crippen LogP contribution < -0.4 is 15.4 Å². The Morgan fingerprint density at radius 3 is 2.03 bits per heavy atom. The number of aromatic nitrogens is 1. The zero-order chi connectivity index (χ0) is 20.8. The molecule has 29 heavy (non-hydrogen) atoms. The standard InChI is InChI=1S/C21H17F2N3O3/c1-2-29-15-9-6-13(7-10-15)24-20(27)18-4-3-5-19(26-18)21(28)25-14-8-11-16(22)17(23)12-14/h3-12H,2H2,1H3,(H,24,27)(H,25,28). The Bertz CT molecular complexity index is 1040. The van der Waals surface area contributed by atoms with Crippen LogP contribution >= 0.6 is 0 Å². The molecule has 0 fully saturated rings. The van der Waals surface area contributed by atoms with Crippen molar-refractivity contribution in [1.29, 1.82) is 0 Å². The van der Waals surface area contributed by atoms with Gasteiger partial charge in [0.2, 0.25) is 0 Å². The van der Waals surface area contributed by atoms with Gasteiger partial charge in [0, 0.05) is 17.4 Å². The smallest absolute Gasteiger partial charge is 0.274 e. The summed E-state index contributed by atoms with van der Waals surface area (Å²) in [6, 6.07) is 14.1. The lowest BCUT2D eigenvalue weighted by Crippen LogP contribution is -2.18. The van der Waals surface area contributed by atoms with Gasteiger partial charge in [0.15, 0.2) is 11.6 Å². The highest BCUT2D eigenvalue weighted by Crippen LogP contribution is 2.17. The first-order valence-corrected chi connectivity index (χ1v) is 8.74. The Kier molecular flexibility index (Phi) is 6.13. The molecule has 3 rings (SSSR count). The number of rotatable bonds is 6. The van der Waals surface area contributed by atoms with Gasteiger partial charge in [-0.25, -0.2) is 13.8 Å². The van der Waals surface area contributed by atoms with Crippen LogP contribution in [0, 0.1) is 11.6 Å². The van der Waals surface area contributed by atoms with Crippen LogP contribution in [0.1, 0.15) is 27.9 Å². The lowest BCUT2D eigenvalue weighted by atomic mass is 10.2. The van der Waals surface area contributed by atoms with Gasteiger partial charge in [-0.3, -0.25) is 9.59 Å². The molecule has 0 saturated carbocycles. The lowest BCUT2D eigenvalue weighted by molar-refractivity contribution is 0.101. The van der Waals surface area contributed by atoms with Gasteiger partial charge in [-0.2, -0.15) is 0 Å². The number of anilines is 2. The molecular weight excluding hydrogens is 380 g/mol. The molecule has 1 aromatic heterocycles. The molecule has 6 nitrogen and oxygen atoms in total. The van der Waals surface area contributed by atoms with E-state index >= 15 is 0 Å². The van der Waals surface area contributed by atoms with Crippen LogP contribution in [0.4, 0.5) is 20.2 Å². The van der Waals surface area contributed by atoms with Gasteiger partial charge in [-0.05, 0) is 55.5 Å².